The molecule has 2 amide bonds. The molecular formula is C27H28N2O2. The second-order valence-corrected chi connectivity index (χ2v) is 8.29. The SMILES string of the molecule is Cc1cccc(C)c1NC(=O)N1CCCC(C(=O)c2ccc(-c3ccccc3)cc2)C1. The standard InChI is InChI=1S/C27H28N2O2/c1-19-8-6-9-20(2)25(19)28-27(31)29-17-7-12-24(18-29)26(30)23-15-13-22(14-16-23)21-10-4-3-5-11-21/h3-6,8-11,13-16,24H,7,12,17-18H2,1-2H3,(H,28,31). The van der Waals surface area contributed by atoms with Gasteiger partial charge >= 0.3 is 6.03 Å². The van der Waals surface area contributed by atoms with Crippen LogP contribution in [0.5, 0.6) is 0 Å². The molecule has 0 radical (unpaired) electrons. The van der Waals surface area contributed by atoms with Gasteiger partial charge in [0.25, 0.3) is 0 Å². The molecule has 0 spiro atoms. The lowest BCUT2D eigenvalue weighted by Gasteiger charge is -2.32. The van der Waals surface area contributed by atoms with Gasteiger partial charge in [0.1, 0.15) is 0 Å². The van der Waals surface area contributed by atoms with Gasteiger partial charge in [-0.1, -0.05) is 72.8 Å². The summed E-state index contributed by atoms with van der Waals surface area (Å²) in [7, 11) is 0. The van der Waals surface area contributed by atoms with E-state index < -0.39 is 0 Å². The van der Waals surface area contributed by atoms with Gasteiger partial charge in [0, 0.05) is 30.3 Å². The third-order valence-corrected chi connectivity index (χ3v) is 6.07. The fraction of sp³-hybridized carbons (Fsp3) is 0.259. The van der Waals surface area contributed by atoms with E-state index in [4.69, 9.17) is 0 Å². The minimum Gasteiger partial charge on any atom is -0.324 e. The minimum atomic E-state index is -0.167. The molecule has 158 valence electrons. The zero-order chi connectivity index (χ0) is 21.8. The van der Waals surface area contributed by atoms with Crippen LogP contribution in [0.2, 0.25) is 0 Å². The third-order valence-electron chi connectivity index (χ3n) is 6.07. The fourth-order valence-electron chi connectivity index (χ4n) is 4.27. The highest BCUT2D eigenvalue weighted by Crippen LogP contribution is 2.25. The fourth-order valence-corrected chi connectivity index (χ4v) is 4.27. The Morgan fingerprint density at radius 3 is 2.16 bits per heavy atom. The predicted octanol–water partition coefficient (Wildman–Crippen LogP) is 6.10. The van der Waals surface area contributed by atoms with Crippen LogP contribution < -0.4 is 5.32 Å². The lowest BCUT2D eigenvalue weighted by atomic mass is 9.89. The van der Waals surface area contributed by atoms with Crippen LogP contribution in [0.1, 0.15) is 34.3 Å². The zero-order valence-electron chi connectivity index (χ0n) is 18.1. The number of hydrogen-bond acceptors (Lipinski definition) is 2. The molecule has 0 aliphatic carbocycles. The second-order valence-electron chi connectivity index (χ2n) is 8.29. The molecule has 31 heavy (non-hydrogen) atoms. The van der Waals surface area contributed by atoms with Crippen LogP contribution >= 0.6 is 0 Å². The molecule has 3 aromatic carbocycles. The van der Waals surface area contributed by atoms with E-state index in [1.165, 1.54) is 0 Å². The van der Waals surface area contributed by atoms with Crippen molar-refractivity contribution < 1.29 is 9.59 Å². The first-order valence-corrected chi connectivity index (χ1v) is 10.8. The summed E-state index contributed by atoms with van der Waals surface area (Å²) in [5.74, 6) is -0.0516. The van der Waals surface area contributed by atoms with Gasteiger partial charge in [-0.2, -0.15) is 0 Å². The van der Waals surface area contributed by atoms with Gasteiger partial charge in [0.15, 0.2) is 5.78 Å². The van der Waals surface area contributed by atoms with E-state index in [0.29, 0.717) is 18.7 Å². The normalized spacial score (nSPS) is 16.1. The van der Waals surface area contributed by atoms with Gasteiger partial charge in [-0.25, -0.2) is 4.79 Å². The number of carbonyl (C=O) groups excluding carboxylic acids is 2. The van der Waals surface area contributed by atoms with Gasteiger partial charge < -0.3 is 10.2 Å². The summed E-state index contributed by atoms with van der Waals surface area (Å²) in [6, 6.07) is 23.8. The number of rotatable bonds is 4. The van der Waals surface area contributed by atoms with Crippen LogP contribution in [0.15, 0.2) is 72.8 Å². The number of ketones is 1. The summed E-state index contributed by atoms with van der Waals surface area (Å²) in [5, 5.41) is 3.05. The van der Waals surface area contributed by atoms with Crippen molar-refractivity contribution in [3.05, 3.63) is 89.5 Å². The number of anilines is 1. The van der Waals surface area contributed by atoms with Crippen molar-refractivity contribution >= 4 is 17.5 Å². The molecule has 1 heterocycles. The number of para-hydroxylation sites is 1. The van der Waals surface area contributed by atoms with Crippen molar-refractivity contribution in [1.82, 2.24) is 4.90 Å². The van der Waals surface area contributed by atoms with Crippen LogP contribution in [0.25, 0.3) is 11.1 Å². The molecule has 1 fully saturated rings. The molecule has 1 N–H and O–H groups in total. The number of hydrogen-bond donors (Lipinski definition) is 1. The Kier molecular flexibility index (Phi) is 6.17. The van der Waals surface area contributed by atoms with E-state index >= 15 is 0 Å². The van der Waals surface area contributed by atoms with Gasteiger partial charge in [0.2, 0.25) is 0 Å². The molecule has 0 saturated carbocycles. The summed E-state index contributed by atoms with van der Waals surface area (Å²) < 4.78 is 0. The second kappa shape index (κ2) is 9.17. The largest absolute Gasteiger partial charge is 0.324 e. The van der Waals surface area contributed by atoms with Gasteiger partial charge in [-0.05, 0) is 48.9 Å². The Balaban J connectivity index is 1.43. The van der Waals surface area contributed by atoms with E-state index in [9.17, 15) is 9.59 Å². The number of urea groups is 1. The Morgan fingerprint density at radius 1 is 0.839 bits per heavy atom. The molecule has 1 aliphatic heterocycles. The topological polar surface area (TPSA) is 49.4 Å². The van der Waals surface area contributed by atoms with Crippen LogP contribution in [0.3, 0.4) is 0 Å². The maximum Gasteiger partial charge on any atom is 0.321 e. The summed E-state index contributed by atoms with van der Waals surface area (Å²) in [5.41, 5.74) is 5.87. The van der Waals surface area contributed by atoms with E-state index in [1.54, 1.807) is 4.90 Å². The molecule has 1 aliphatic rings. The molecular weight excluding hydrogens is 384 g/mol. The molecule has 4 nitrogen and oxygen atoms in total. The van der Waals surface area contributed by atoms with Crippen molar-refractivity contribution in [2.24, 2.45) is 5.92 Å². The smallest absolute Gasteiger partial charge is 0.321 e. The van der Waals surface area contributed by atoms with Gasteiger partial charge in [0.05, 0.1) is 0 Å². The molecule has 1 saturated heterocycles. The number of Topliss-reactive ketones (excluding diaryl/α,β-unsaturated/α-hetero) is 1. The first kappa shape index (κ1) is 20.9. The summed E-state index contributed by atoms with van der Waals surface area (Å²) >= 11 is 0. The highest BCUT2D eigenvalue weighted by atomic mass is 16.2. The first-order chi connectivity index (χ1) is 15.0. The van der Waals surface area contributed by atoms with Crippen LogP contribution in [0.4, 0.5) is 10.5 Å². The number of benzene rings is 3. The maximum absolute atomic E-state index is 13.1. The summed E-state index contributed by atoms with van der Waals surface area (Å²) in [6.07, 6.45) is 1.64. The zero-order valence-corrected chi connectivity index (χ0v) is 18.1. The number of aryl methyl sites for hydroxylation is 2. The lowest BCUT2D eigenvalue weighted by molar-refractivity contribution is 0.0851. The minimum absolute atomic E-state index is 0.115. The van der Waals surface area contributed by atoms with E-state index in [2.05, 4.69) is 17.4 Å². The monoisotopic (exact) mass is 412 g/mol. The summed E-state index contributed by atoms with van der Waals surface area (Å²) in [6.45, 7) is 5.11. The molecule has 4 rings (SSSR count). The van der Waals surface area contributed by atoms with Crippen molar-refractivity contribution in [1.29, 1.82) is 0 Å². The van der Waals surface area contributed by atoms with Gasteiger partial charge in [-0.15, -0.1) is 0 Å². The number of piperidine rings is 1. The van der Waals surface area contributed by atoms with Crippen molar-refractivity contribution in [3.8, 4) is 11.1 Å². The van der Waals surface area contributed by atoms with Crippen LogP contribution in [-0.2, 0) is 0 Å². The van der Waals surface area contributed by atoms with Crippen molar-refractivity contribution in [3.63, 3.8) is 0 Å². The van der Waals surface area contributed by atoms with Crippen LogP contribution in [-0.4, -0.2) is 29.8 Å². The average Bonchev–Trinajstić information content (AvgIpc) is 2.82. The van der Waals surface area contributed by atoms with Crippen molar-refractivity contribution in [2.45, 2.75) is 26.7 Å². The lowest BCUT2D eigenvalue weighted by Crippen LogP contribution is -2.44. The maximum atomic E-state index is 13.1. The van der Waals surface area contributed by atoms with Crippen molar-refractivity contribution in [2.75, 3.05) is 18.4 Å². The molecule has 3 aromatic rings. The van der Waals surface area contributed by atoms with Gasteiger partial charge in [-0.3, -0.25) is 4.79 Å². The number of nitrogens with one attached hydrogen (secondary N) is 1. The highest BCUT2D eigenvalue weighted by Gasteiger charge is 2.29. The third kappa shape index (κ3) is 4.69. The average molecular weight is 413 g/mol. The number of carbonyl (C=O) groups is 2. The quantitative estimate of drug-likeness (QED) is 0.527. The predicted molar refractivity (Wildman–Crippen MR) is 125 cm³/mol. The molecule has 0 aromatic heterocycles. The summed E-state index contributed by atoms with van der Waals surface area (Å²) in [4.78, 5) is 27.8. The molecule has 0 bridgehead atoms. The Hall–Kier alpha value is -3.40. The van der Waals surface area contributed by atoms with E-state index in [1.807, 2.05) is 74.5 Å². The Labute approximate surface area is 183 Å². The molecule has 4 heteroatoms. The van der Waals surface area contributed by atoms with E-state index in [0.717, 1.165) is 40.8 Å². The van der Waals surface area contributed by atoms with Crippen LogP contribution in [0, 0.1) is 19.8 Å². The number of amides is 2. The van der Waals surface area contributed by atoms with E-state index in [-0.39, 0.29) is 17.7 Å². The highest BCUT2D eigenvalue weighted by molar-refractivity contribution is 5.99. The number of likely N-dealkylation sites (tertiary alicyclic amines) is 1. The molecule has 1 atom stereocenters. The Bertz CT molecular complexity index is 1050. The number of nitrogens with zero attached hydrogens (tertiary/aromatic N) is 1. The molecule has 1 unspecified atom stereocenters. The first-order valence-electron chi connectivity index (χ1n) is 10.8. The Morgan fingerprint density at radius 2 is 1.48 bits per heavy atom.